The standard InChI is InChI=1S/C19H20ClF2N5/c1-11(14(9-25-2)17(24)19(21)22)26-10-16(23)18-15(20)7-13(8-27-18)6-5-12-3-4-12/h7-9,12,19,23-26H,1,3-4,10H2,2H3/b14-9-,23-16?,24-17?. The number of pyridine rings is 1. The van der Waals surface area contributed by atoms with E-state index in [9.17, 15) is 8.78 Å². The minimum absolute atomic E-state index is 0.0315. The number of alkyl halides is 2. The van der Waals surface area contributed by atoms with Gasteiger partial charge in [0.05, 0.1) is 17.3 Å². The second kappa shape index (κ2) is 9.28. The highest BCUT2D eigenvalue weighted by atomic mass is 35.5. The molecule has 5 nitrogen and oxygen atoms in total. The Morgan fingerprint density at radius 2 is 2.19 bits per heavy atom. The maximum Gasteiger partial charge on any atom is 0.280 e. The Morgan fingerprint density at radius 1 is 1.48 bits per heavy atom. The Labute approximate surface area is 161 Å². The lowest BCUT2D eigenvalue weighted by Crippen LogP contribution is -2.28. The molecule has 142 valence electrons. The molecule has 1 aliphatic carbocycles. The summed E-state index contributed by atoms with van der Waals surface area (Å²) in [6.07, 6.45) is 2.13. The monoisotopic (exact) mass is 391 g/mol. The quantitative estimate of drug-likeness (QED) is 0.311. The average molecular weight is 392 g/mol. The molecule has 2 rings (SSSR count). The topological polar surface area (TPSA) is 84.7 Å². The second-order valence-corrected chi connectivity index (χ2v) is 6.38. The molecule has 27 heavy (non-hydrogen) atoms. The number of halogens is 3. The van der Waals surface area contributed by atoms with Gasteiger partial charge in [0.15, 0.2) is 0 Å². The van der Waals surface area contributed by atoms with Crippen LogP contribution in [0.25, 0.3) is 0 Å². The van der Waals surface area contributed by atoms with Crippen molar-refractivity contribution in [1.29, 1.82) is 10.8 Å². The molecule has 0 amide bonds. The number of allylic oxidation sites excluding steroid dienone is 1. The van der Waals surface area contributed by atoms with Crippen molar-refractivity contribution >= 4 is 23.0 Å². The van der Waals surface area contributed by atoms with Gasteiger partial charge in [-0.1, -0.05) is 30.0 Å². The molecule has 0 spiro atoms. The molecule has 8 heteroatoms. The molecule has 1 aromatic heterocycles. The molecule has 1 heterocycles. The van der Waals surface area contributed by atoms with Gasteiger partial charge >= 0.3 is 0 Å². The van der Waals surface area contributed by atoms with Crippen molar-refractivity contribution in [2.24, 2.45) is 5.92 Å². The Bertz CT molecular complexity index is 847. The maximum atomic E-state index is 12.8. The van der Waals surface area contributed by atoms with E-state index >= 15 is 0 Å². The van der Waals surface area contributed by atoms with E-state index in [0.717, 1.165) is 12.8 Å². The number of hydrogen-bond donors (Lipinski definition) is 4. The van der Waals surface area contributed by atoms with Crippen LogP contribution >= 0.6 is 11.6 Å². The van der Waals surface area contributed by atoms with Gasteiger partial charge in [-0.25, -0.2) is 8.78 Å². The summed E-state index contributed by atoms with van der Waals surface area (Å²) in [6.45, 7) is 3.63. The molecule has 1 aliphatic rings. The van der Waals surface area contributed by atoms with E-state index in [-0.39, 0.29) is 29.2 Å². The summed E-state index contributed by atoms with van der Waals surface area (Å²) in [7, 11) is 1.53. The molecule has 0 aromatic carbocycles. The van der Waals surface area contributed by atoms with E-state index in [1.54, 1.807) is 12.3 Å². The van der Waals surface area contributed by atoms with Crippen LogP contribution in [0.1, 0.15) is 24.1 Å². The highest BCUT2D eigenvalue weighted by Gasteiger charge is 2.19. The molecule has 0 atom stereocenters. The fraction of sp³-hybridized carbons (Fsp3) is 0.316. The number of hydrogen-bond acceptors (Lipinski definition) is 5. The summed E-state index contributed by atoms with van der Waals surface area (Å²) < 4.78 is 25.6. The average Bonchev–Trinajstić information content (AvgIpc) is 3.46. The van der Waals surface area contributed by atoms with Crippen LogP contribution in [0.2, 0.25) is 5.02 Å². The van der Waals surface area contributed by atoms with Crippen LogP contribution in [-0.2, 0) is 0 Å². The first-order valence-electron chi connectivity index (χ1n) is 8.26. The fourth-order valence-electron chi connectivity index (χ4n) is 2.10. The van der Waals surface area contributed by atoms with Gasteiger partial charge in [-0.05, 0) is 18.9 Å². The molecule has 0 radical (unpaired) electrons. The molecular formula is C19H20ClF2N5. The van der Waals surface area contributed by atoms with Gasteiger partial charge in [0.25, 0.3) is 6.43 Å². The predicted molar refractivity (Wildman–Crippen MR) is 104 cm³/mol. The summed E-state index contributed by atoms with van der Waals surface area (Å²) in [5, 5.41) is 21.2. The number of rotatable bonds is 8. The maximum absolute atomic E-state index is 12.8. The summed E-state index contributed by atoms with van der Waals surface area (Å²) in [4.78, 5) is 4.18. The van der Waals surface area contributed by atoms with E-state index < -0.39 is 12.1 Å². The van der Waals surface area contributed by atoms with Crippen molar-refractivity contribution in [3.63, 3.8) is 0 Å². The molecule has 1 saturated carbocycles. The molecule has 1 fully saturated rings. The van der Waals surface area contributed by atoms with Gasteiger partial charge in [-0.3, -0.25) is 10.4 Å². The predicted octanol–water partition coefficient (Wildman–Crippen LogP) is 3.36. The zero-order chi connectivity index (χ0) is 20.0. The fourth-order valence-corrected chi connectivity index (χ4v) is 2.39. The normalized spacial score (nSPS) is 13.6. The van der Waals surface area contributed by atoms with Gasteiger partial charge in [0, 0.05) is 42.2 Å². The summed E-state index contributed by atoms with van der Waals surface area (Å²) in [5.41, 5.74) is 0.202. The van der Waals surface area contributed by atoms with Crippen LogP contribution in [0.15, 0.2) is 36.3 Å². The first-order valence-corrected chi connectivity index (χ1v) is 8.63. The van der Waals surface area contributed by atoms with Crippen LogP contribution in [0.3, 0.4) is 0 Å². The van der Waals surface area contributed by atoms with Crippen LogP contribution in [0.5, 0.6) is 0 Å². The van der Waals surface area contributed by atoms with Crippen molar-refractivity contribution in [3.8, 4) is 11.8 Å². The van der Waals surface area contributed by atoms with Gasteiger partial charge in [-0.2, -0.15) is 0 Å². The van der Waals surface area contributed by atoms with Crippen LogP contribution < -0.4 is 10.6 Å². The second-order valence-electron chi connectivity index (χ2n) is 5.97. The van der Waals surface area contributed by atoms with Crippen molar-refractivity contribution in [3.05, 3.63) is 52.6 Å². The smallest absolute Gasteiger partial charge is 0.280 e. The Hall–Kier alpha value is -2.72. The molecule has 0 bridgehead atoms. The lowest BCUT2D eigenvalue weighted by Gasteiger charge is -2.15. The first-order chi connectivity index (χ1) is 12.8. The van der Waals surface area contributed by atoms with Crippen molar-refractivity contribution in [2.45, 2.75) is 19.3 Å². The minimum Gasteiger partial charge on any atom is -0.393 e. The lowest BCUT2D eigenvalue weighted by atomic mass is 10.1. The van der Waals surface area contributed by atoms with Gasteiger partial charge in [-0.15, -0.1) is 0 Å². The van der Waals surface area contributed by atoms with E-state index in [2.05, 4.69) is 34.0 Å². The summed E-state index contributed by atoms with van der Waals surface area (Å²) in [5.74, 6) is 6.58. The highest BCUT2D eigenvalue weighted by Crippen LogP contribution is 2.27. The van der Waals surface area contributed by atoms with Gasteiger partial charge in [0.2, 0.25) is 0 Å². The zero-order valence-corrected chi connectivity index (χ0v) is 15.6. The van der Waals surface area contributed by atoms with Crippen LogP contribution in [0.4, 0.5) is 8.78 Å². The number of nitrogens with one attached hydrogen (secondary N) is 4. The molecule has 1 aromatic rings. The van der Waals surface area contributed by atoms with Crippen molar-refractivity contribution in [2.75, 3.05) is 13.6 Å². The highest BCUT2D eigenvalue weighted by molar-refractivity contribution is 6.34. The third-order valence-corrected chi connectivity index (χ3v) is 4.01. The van der Waals surface area contributed by atoms with E-state index in [1.807, 2.05) is 0 Å². The van der Waals surface area contributed by atoms with Crippen LogP contribution in [-0.4, -0.2) is 36.4 Å². The number of nitrogens with zero attached hydrogens (tertiary/aromatic N) is 1. The third-order valence-electron chi connectivity index (χ3n) is 3.73. The summed E-state index contributed by atoms with van der Waals surface area (Å²) >= 11 is 6.20. The van der Waals surface area contributed by atoms with Crippen molar-refractivity contribution in [1.82, 2.24) is 15.6 Å². The molecule has 0 unspecified atom stereocenters. The molecule has 4 N–H and O–H groups in total. The SMILES string of the molecule is C=C(NCC(=N)c1ncc(C#CC2CC2)cc1Cl)/C(=C/NC)C(=N)C(F)F. The Balaban J connectivity index is 2.02. The molecule has 0 saturated heterocycles. The molecular weight excluding hydrogens is 372 g/mol. The van der Waals surface area contributed by atoms with Gasteiger partial charge < -0.3 is 16.0 Å². The minimum atomic E-state index is -2.93. The van der Waals surface area contributed by atoms with Crippen molar-refractivity contribution < 1.29 is 8.78 Å². The van der Waals surface area contributed by atoms with E-state index in [0.29, 0.717) is 16.5 Å². The zero-order valence-electron chi connectivity index (χ0n) is 14.8. The van der Waals surface area contributed by atoms with Gasteiger partial charge in [0.1, 0.15) is 11.4 Å². The number of aromatic nitrogens is 1. The third kappa shape index (κ3) is 5.90. The van der Waals surface area contributed by atoms with E-state index in [1.165, 1.54) is 13.2 Å². The van der Waals surface area contributed by atoms with E-state index in [4.69, 9.17) is 22.4 Å². The van der Waals surface area contributed by atoms with Crippen LogP contribution in [0, 0.1) is 28.6 Å². The molecule has 0 aliphatic heterocycles. The summed E-state index contributed by atoms with van der Waals surface area (Å²) in [6, 6.07) is 1.65. The Kier molecular flexibility index (Phi) is 7.08. The lowest BCUT2D eigenvalue weighted by molar-refractivity contribution is 0.225. The largest absolute Gasteiger partial charge is 0.393 e. The first kappa shape index (κ1) is 20.6. The Morgan fingerprint density at radius 3 is 2.74 bits per heavy atom.